The molecule has 1 atom stereocenters. The zero-order valence-electron chi connectivity index (χ0n) is 22.6. The predicted octanol–water partition coefficient (Wildman–Crippen LogP) is 5.49. The van der Waals surface area contributed by atoms with Crippen molar-refractivity contribution in [2.24, 2.45) is 4.99 Å². The SMILES string of the molecule is C=CCOc1ccc(Cl)cc1/C=c1\sc2n(c1=O)[C@@H](c1ccc(OCC)cc1)C(C(=O)Nc1ccccc1)=C(C)N=2. The second-order valence-corrected chi connectivity index (χ2v) is 10.6. The van der Waals surface area contributed by atoms with Crippen molar-refractivity contribution < 1.29 is 14.3 Å². The van der Waals surface area contributed by atoms with Crippen molar-refractivity contribution >= 4 is 40.6 Å². The Bertz CT molecular complexity index is 1810. The fraction of sp³-hybridized carbons (Fsp3) is 0.156. The van der Waals surface area contributed by atoms with Gasteiger partial charge in [0.1, 0.15) is 18.1 Å². The molecule has 208 valence electrons. The molecule has 0 bridgehead atoms. The fourth-order valence-corrected chi connectivity index (χ4v) is 5.83. The Hall–Kier alpha value is -4.40. The van der Waals surface area contributed by atoms with E-state index in [1.165, 1.54) is 11.3 Å². The van der Waals surface area contributed by atoms with Crippen molar-refractivity contribution in [2.45, 2.75) is 19.9 Å². The van der Waals surface area contributed by atoms with Gasteiger partial charge in [0.15, 0.2) is 4.80 Å². The average molecular weight is 586 g/mol. The van der Waals surface area contributed by atoms with Gasteiger partial charge in [0.2, 0.25) is 0 Å². The van der Waals surface area contributed by atoms with Crippen molar-refractivity contribution in [3.05, 3.63) is 133 Å². The van der Waals surface area contributed by atoms with E-state index in [4.69, 9.17) is 26.1 Å². The van der Waals surface area contributed by atoms with Gasteiger partial charge in [-0.2, -0.15) is 0 Å². The highest BCUT2D eigenvalue weighted by Gasteiger charge is 2.32. The number of nitrogens with one attached hydrogen (secondary N) is 1. The highest BCUT2D eigenvalue weighted by atomic mass is 35.5. The summed E-state index contributed by atoms with van der Waals surface area (Å²) in [4.78, 5) is 32.9. The molecule has 1 N–H and O–H groups in total. The Morgan fingerprint density at radius 2 is 1.88 bits per heavy atom. The first-order chi connectivity index (χ1) is 19.9. The molecule has 1 aliphatic rings. The van der Waals surface area contributed by atoms with Gasteiger partial charge >= 0.3 is 0 Å². The van der Waals surface area contributed by atoms with Crippen LogP contribution in [0.1, 0.15) is 31.0 Å². The molecule has 5 rings (SSSR count). The molecule has 1 amide bonds. The quantitative estimate of drug-likeness (QED) is 0.263. The number of rotatable bonds is 9. The lowest BCUT2D eigenvalue weighted by atomic mass is 9.95. The van der Waals surface area contributed by atoms with Gasteiger partial charge in [0.05, 0.1) is 28.5 Å². The number of anilines is 1. The molecule has 0 saturated carbocycles. The van der Waals surface area contributed by atoms with Gasteiger partial charge in [-0.15, -0.1) is 0 Å². The molecule has 0 radical (unpaired) electrons. The second kappa shape index (κ2) is 12.4. The number of amides is 1. The van der Waals surface area contributed by atoms with Crippen LogP contribution in [-0.4, -0.2) is 23.7 Å². The zero-order valence-corrected chi connectivity index (χ0v) is 24.2. The molecule has 3 aromatic carbocycles. The first-order valence-electron chi connectivity index (χ1n) is 13.0. The molecule has 4 aromatic rings. The minimum atomic E-state index is -0.705. The third kappa shape index (κ3) is 6.04. The predicted molar refractivity (Wildman–Crippen MR) is 164 cm³/mol. The van der Waals surface area contributed by atoms with Gasteiger partial charge in [-0.25, -0.2) is 4.99 Å². The van der Waals surface area contributed by atoms with Gasteiger partial charge in [-0.05, 0) is 68.0 Å². The molecule has 0 fully saturated rings. The minimum Gasteiger partial charge on any atom is -0.494 e. The number of ether oxygens (including phenoxy) is 2. The van der Waals surface area contributed by atoms with Crippen molar-refractivity contribution in [3.8, 4) is 11.5 Å². The maximum atomic E-state index is 14.0. The Kier molecular flexibility index (Phi) is 8.52. The van der Waals surface area contributed by atoms with E-state index in [0.717, 1.165) is 5.56 Å². The number of nitrogens with zero attached hydrogens (tertiary/aromatic N) is 2. The van der Waals surface area contributed by atoms with Crippen LogP contribution in [-0.2, 0) is 4.79 Å². The summed E-state index contributed by atoms with van der Waals surface area (Å²) >= 11 is 7.53. The molecular formula is C32H28ClN3O4S. The zero-order chi connectivity index (χ0) is 28.9. The van der Waals surface area contributed by atoms with Crippen LogP contribution in [0.4, 0.5) is 5.69 Å². The van der Waals surface area contributed by atoms with Crippen LogP contribution in [0.15, 0.2) is 107 Å². The third-order valence-corrected chi connectivity index (χ3v) is 7.64. The maximum absolute atomic E-state index is 14.0. The van der Waals surface area contributed by atoms with Gasteiger partial charge in [0.25, 0.3) is 11.5 Å². The first kappa shape index (κ1) is 28.1. The molecule has 41 heavy (non-hydrogen) atoms. The number of allylic oxidation sites excluding steroid dienone is 1. The van der Waals surface area contributed by atoms with E-state index < -0.39 is 6.04 Å². The number of hydrogen-bond donors (Lipinski definition) is 1. The lowest BCUT2D eigenvalue weighted by Crippen LogP contribution is -2.40. The number of carbonyl (C=O) groups excluding carboxylic acids is 1. The van der Waals surface area contributed by atoms with E-state index in [0.29, 0.717) is 61.6 Å². The average Bonchev–Trinajstić information content (AvgIpc) is 3.27. The molecular weight excluding hydrogens is 558 g/mol. The van der Waals surface area contributed by atoms with E-state index in [-0.39, 0.29) is 11.5 Å². The number of aromatic nitrogens is 1. The van der Waals surface area contributed by atoms with E-state index in [9.17, 15) is 9.59 Å². The van der Waals surface area contributed by atoms with Gasteiger partial charge < -0.3 is 14.8 Å². The monoisotopic (exact) mass is 585 g/mol. The number of halogens is 1. The number of thiazole rings is 1. The van der Waals surface area contributed by atoms with E-state index >= 15 is 0 Å². The molecule has 0 saturated heterocycles. The fourth-order valence-electron chi connectivity index (χ4n) is 4.61. The summed E-state index contributed by atoms with van der Waals surface area (Å²) in [6.07, 6.45) is 3.39. The molecule has 2 heterocycles. The van der Waals surface area contributed by atoms with Crippen LogP contribution in [0.25, 0.3) is 6.08 Å². The van der Waals surface area contributed by atoms with Crippen LogP contribution in [0.2, 0.25) is 5.02 Å². The Labute approximate surface area is 246 Å². The van der Waals surface area contributed by atoms with Crippen LogP contribution in [0.3, 0.4) is 0 Å². The number of benzene rings is 3. The van der Waals surface area contributed by atoms with E-state index in [1.54, 1.807) is 41.8 Å². The smallest absolute Gasteiger partial charge is 0.271 e. The van der Waals surface area contributed by atoms with Crippen molar-refractivity contribution in [1.29, 1.82) is 0 Å². The number of carbonyl (C=O) groups is 1. The van der Waals surface area contributed by atoms with Crippen LogP contribution in [0.5, 0.6) is 11.5 Å². The van der Waals surface area contributed by atoms with E-state index in [1.807, 2.05) is 61.5 Å². The van der Waals surface area contributed by atoms with Gasteiger partial charge in [-0.3, -0.25) is 14.2 Å². The lowest BCUT2D eigenvalue weighted by molar-refractivity contribution is -0.113. The summed E-state index contributed by atoms with van der Waals surface area (Å²) < 4.78 is 13.4. The van der Waals surface area contributed by atoms with Gasteiger partial charge in [-0.1, -0.05) is 65.9 Å². The maximum Gasteiger partial charge on any atom is 0.271 e. The third-order valence-electron chi connectivity index (χ3n) is 6.42. The number of hydrogen-bond acceptors (Lipinski definition) is 6. The Morgan fingerprint density at radius 3 is 2.59 bits per heavy atom. The molecule has 1 aromatic heterocycles. The van der Waals surface area contributed by atoms with Crippen LogP contribution < -0.4 is 29.7 Å². The van der Waals surface area contributed by atoms with Gasteiger partial charge in [0, 0.05) is 16.3 Å². The standard InChI is InChI=1S/C32H28ClN3O4S/c1-4-17-40-26-16-13-23(33)18-22(26)19-27-31(38)36-29(21-11-14-25(15-12-21)39-5-2)28(20(3)34-32(36)41-27)30(37)35-24-9-7-6-8-10-24/h4,6-16,18-19,29H,1,5,17H2,2-3H3,(H,35,37)/b27-19-/t29-/m0/s1. The topological polar surface area (TPSA) is 81.9 Å². The molecule has 0 spiro atoms. The lowest BCUT2D eigenvalue weighted by Gasteiger charge is -2.25. The summed E-state index contributed by atoms with van der Waals surface area (Å²) in [7, 11) is 0. The largest absolute Gasteiger partial charge is 0.494 e. The van der Waals surface area contributed by atoms with Crippen LogP contribution >= 0.6 is 22.9 Å². The summed E-state index contributed by atoms with van der Waals surface area (Å²) in [5.41, 5.74) is 2.69. The normalized spacial score (nSPS) is 14.7. The molecule has 0 unspecified atom stereocenters. The summed E-state index contributed by atoms with van der Waals surface area (Å²) in [5.74, 6) is 0.940. The van der Waals surface area contributed by atoms with Crippen LogP contribution in [0, 0.1) is 0 Å². The van der Waals surface area contributed by atoms with E-state index in [2.05, 4.69) is 11.9 Å². The number of para-hydroxylation sites is 1. The molecule has 0 aliphatic carbocycles. The second-order valence-electron chi connectivity index (χ2n) is 9.19. The van der Waals surface area contributed by atoms with Crippen molar-refractivity contribution in [1.82, 2.24) is 4.57 Å². The Balaban J connectivity index is 1.66. The molecule has 9 heteroatoms. The van der Waals surface area contributed by atoms with Crippen molar-refractivity contribution in [2.75, 3.05) is 18.5 Å². The highest BCUT2D eigenvalue weighted by Crippen LogP contribution is 2.32. The number of fused-ring (bicyclic) bond motifs is 1. The van der Waals surface area contributed by atoms with Crippen molar-refractivity contribution in [3.63, 3.8) is 0 Å². The highest BCUT2D eigenvalue weighted by molar-refractivity contribution is 7.07. The summed E-state index contributed by atoms with van der Waals surface area (Å²) in [5, 5.41) is 3.48. The summed E-state index contributed by atoms with van der Waals surface area (Å²) in [6, 6.07) is 21.1. The Morgan fingerprint density at radius 1 is 1.12 bits per heavy atom. The molecule has 7 nitrogen and oxygen atoms in total. The summed E-state index contributed by atoms with van der Waals surface area (Å²) in [6.45, 7) is 8.24. The minimum absolute atomic E-state index is 0.278. The molecule has 1 aliphatic heterocycles. The first-order valence-corrected chi connectivity index (χ1v) is 14.2.